The molecule has 2 rings (SSSR count). The van der Waals surface area contributed by atoms with E-state index in [1.807, 2.05) is 18.2 Å². The van der Waals surface area contributed by atoms with Crippen molar-refractivity contribution in [2.45, 2.75) is 45.2 Å². The lowest BCUT2D eigenvalue weighted by Crippen LogP contribution is -2.47. The number of halogens is 1. The first-order chi connectivity index (χ1) is 8.99. The van der Waals surface area contributed by atoms with Crippen LogP contribution in [-0.2, 0) is 0 Å². The fourth-order valence-corrected chi connectivity index (χ4v) is 3.09. The molecule has 0 aromatic heterocycles. The lowest BCUT2D eigenvalue weighted by molar-refractivity contribution is 0.136. The molecular weight excluding hydrogens is 278 g/mol. The molecule has 1 aliphatic rings. The number of anilines is 1. The molecule has 1 heterocycles. The summed E-state index contributed by atoms with van der Waals surface area (Å²) in [5.41, 5.74) is 10.8. The molecule has 1 saturated heterocycles. The lowest BCUT2D eigenvalue weighted by Gasteiger charge is -2.39. The number of nitrogens with one attached hydrogen (secondary N) is 1. The van der Waals surface area contributed by atoms with Gasteiger partial charge in [-0.15, -0.1) is 0 Å². The highest BCUT2D eigenvalue weighted by atomic mass is 35.5. The zero-order chi connectivity index (χ0) is 14.0. The molecule has 19 heavy (non-hydrogen) atoms. The van der Waals surface area contributed by atoms with E-state index in [4.69, 9.17) is 29.6 Å². The molecule has 0 bridgehead atoms. The molecule has 1 aromatic rings. The van der Waals surface area contributed by atoms with E-state index in [0.29, 0.717) is 22.1 Å². The second kappa shape index (κ2) is 6.07. The van der Waals surface area contributed by atoms with Crippen LogP contribution in [0.3, 0.4) is 0 Å². The Labute approximate surface area is 125 Å². The Hall–Kier alpha value is -0.840. The number of nitrogens with two attached hydrogens (primary N) is 1. The molecule has 2 unspecified atom stereocenters. The third kappa shape index (κ3) is 3.38. The van der Waals surface area contributed by atoms with Crippen LogP contribution in [0.1, 0.15) is 38.7 Å². The molecule has 1 fully saturated rings. The van der Waals surface area contributed by atoms with E-state index < -0.39 is 0 Å². The van der Waals surface area contributed by atoms with E-state index in [-0.39, 0.29) is 0 Å². The van der Waals surface area contributed by atoms with Crippen LogP contribution in [0.4, 0.5) is 5.69 Å². The molecule has 1 aliphatic heterocycles. The summed E-state index contributed by atoms with van der Waals surface area (Å²) >= 11 is 11.1. The van der Waals surface area contributed by atoms with Gasteiger partial charge in [-0.25, -0.2) is 5.01 Å². The molecule has 5 heteroatoms. The highest BCUT2D eigenvalue weighted by Crippen LogP contribution is 2.26. The van der Waals surface area contributed by atoms with Gasteiger partial charge >= 0.3 is 0 Å². The van der Waals surface area contributed by atoms with Gasteiger partial charge < -0.3 is 11.2 Å². The summed E-state index contributed by atoms with van der Waals surface area (Å²) in [6.07, 6.45) is 3.73. The number of hydrazine groups is 1. The number of piperidine rings is 1. The maximum atomic E-state index is 6.19. The summed E-state index contributed by atoms with van der Waals surface area (Å²) < 4.78 is 0. The number of benzene rings is 1. The van der Waals surface area contributed by atoms with Gasteiger partial charge in [0.25, 0.3) is 0 Å². The third-order valence-corrected chi connectivity index (χ3v) is 4.22. The Morgan fingerprint density at radius 2 is 2.00 bits per heavy atom. The molecule has 0 amide bonds. The first-order valence-electron chi connectivity index (χ1n) is 6.63. The molecule has 0 radical (unpaired) electrons. The predicted octanol–water partition coefficient (Wildman–Crippen LogP) is 3.56. The lowest BCUT2D eigenvalue weighted by atomic mass is 10.00. The largest absolute Gasteiger partial charge is 0.389 e. The molecule has 0 saturated carbocycles. The molecule has 2 atom stereocenters. The molecular formula is C14H20ClN3S. The van der Waals surface area contributed by atoms with Gasteiger partial charge in [-0.3, -0.25) is 0 Å². The number of thiocarbonyl (C=S) groups is 1. The van der Waals surface area contributed by atoms with E-state index in [1.165, 1.54) is 19.3 Å². The van der Waals surface area contributed by atoms with Crippen molar-refractivity contribution in [3.63, 3.8) is 0 Å². The second-order valence-electron chi connectivity index (χ2n) is 5.21. The average molecular weight is 298 g/mol. The minimum atomic E-state index is 0.330. The molecule has 3 N–H and O–H groups in total. The van der Waals surface area contributed by atoms with Gasteiger partial charge in [0.15, 0.2) is 0 Å². The van der Waals surface area contributed by atoms with E-state index in [9.17, 15) is 0 Å². The number of nitrogens with zero attached hydrogens (tertiary/aromatic N) is 1. The zero-order valence-corrected chi connectivity index (χ0v) is 12.9. The van der Waals surface area contributed by atoms with Gasteiger partial charge in [-0.05, 0) is 44.9 Å². The van der Waals surface area contributed by atoms with Crippen molar-refractivity contribution in [3.8, 4) is 0 Å². The van der Waals surface area contributed by atoms with E-state index in [1.54, 1.807) is 0 Å². The van der Waals surface area contributed by atoms with E-state index in [0.717, 1.165) is 11.3 Å². The Balaban J connectivity index is 2.14. The molecule has 0 spiro atoms. The highest BCUT2D eigenvalue weighted by Gasteiger charge is 2.24. The maximum Gasteiger partial charge on any atom is 0.105 e. The number of hydrogen-bond acceptors (Lipinski definition) is 3. The van der Waals surface area contributed by atoms with Crippen LogP contribution >= 0.6 is 23.8 Å². The molecule has 0 aliphatic carbocycles. The van der Waals surface area contributed by atoms with Crippen LogP contribution in [0.15, 0.2) is 18.2 Å². The second-order valence-corrected chi connectivity index (χ2v) is 6.05. The quantitative estimate of drug-likeness (QED) is 0.837. The minimum absolute atomic E-state index is 0.330. The zero-order valence-electron chi connectivity index (χ0n) is 11.3. The van der Waals surface area contributed by atoms with Crippen molar-refractivity contribution in [1.82, 2.24) is 5.01 Å². The molecule has 1 aromatic carbocycles. The van der Waals surface area contributed by atoms with Crippen molar-refractivity contribution in [1.29, 1.82) is 0 Å². The fraction of sp³-hybridized carbons (Fsp3) is 0.500. The number of hydrogen-bond donors (Lipinski definition) is 2. The predicted molar refractivity (Wildman–Crippen MR) is 85.6 cm³/mol. The summed E-state index contributed by atoms with van der Waals surface area (Å²) in [6.45, 7) is 4.49. The van der Waals surface area contributed by atoms with Gasteiger partial charge in [-0.1, -0.05) is 30.2 Å². The van der Waals surface area contributed by atoms with Gasteiger partial charge in [-0.2, -0.15) is 0 Å². The van der Waals surface area contributed by atoms with Crippen LogP contribution < -0.4 is 11.2 Å². The highest BCUT2D eigenvalue weighted by molar-refractivity contribution is 7.80. The molecule has 104 valence electrons. The third-order valence-electron chi connectivity index (χ3n) is 3.69. The fourth-order valence-electron chi connectivity index (χ4n) is 2.58. The van der Waals surface area contributed by atoms with Crippen molar-refractivity contribution in [2.24, 2.45) is 5.73 Å². The van der Waals surface area contributed by atoms with Gasteiger partial charge in [0.05, 0.1) is 10.7 Å². The van der Waals surface area contributed by atoms with E-state index in [2.05, 4.69) is 24.3 Å². The standard InChI is InChI=1S/C14H20ClN3S/c1-9-4-3-5-10(2)18(9)17-11-6-7-12(14(16)19)13(15)8-11/h6-10,17H,3-5H2,1-2H3,(H2,16,19). The Morgan fingerprint density at radius 3 is 2.53 bits per heavy atom. The van der Waals surface area contributed by atoms with Crippen LogP contribution in [0.5, 0.6) is 0 Å². The monoisotopic (exact) mass is 297 g/mol. The summed E-state index contributed by atoms with van der Waals surface area (Å²) in [5, 5.41) is 2.89. The Kier molecular flexibility index (Phi) is 4.66. The van der Waals surface area contributed by atoms with Gasteiger partial charge in [0, 0.05) is 17.6 Å². The topological polar surface area (TPSA) is 41.3 Å². The normalized spacial score (nSPS) is 24.2. The van der Waals surface area contributed by atoms with E-state index >= 15 is 0 Å². The summed E-state index contributed by atoms with van der Waals surface area (Å²) in [7, 11) is 0. The van der Waals surface area contributed by atoms with Crippen LogP contribution in [0.25, 0.3) is 0 Å². The SMILES string of the molecule is CC1CCCC(C)N1Nc1ccc(C(N)=S)c(Cl)c1. The summed E-state index contributed by atoms with van der Waals surface area (Å²) in [4.78, 5) is 0.330. The van der Waals surface area contributed by atoms with Gasteiger partial charge in [0.1, 0.15) is 4.99 Å². The Bertz CT molecular complexity index is 468. The first kappa shape index (κ1) is 14.6. The number of rotatable bonds is 3. The van der Waals surface area contributed by atoms with Crippen molar-refractivity contribution in [3.05, 3.63) is 28.8 Å². The van der Waals surface area contributed by atoms with Crippen LogP contribution in [0.2, 0.25) is 5.02 Å². The minimum Gasteiger partial charge on any atom is -0.389 e. The van der Waals surface area contributed by atoms with Crippen LogP contribution in [-0.4, -0.2) is 22.1 Å². The first-order valence-corrected chi connectivity index (χ1v) is 7.42. The average Bonchev–Trinajstić information content (AvgIpc) is 2.33. The van der Waals surface area contributed by atoms with Crippen molar-refractivity contribution in [2.75, 3.05) is 5.43 Å². The Morgan fingerprint density at radius 1 is 1.37 bits per heavy atom. The van der Waals surface area contributed by atoms with Crippen LogP contribution in [0, 0.1) is 0 Å². The van der Waals surface area contributed by atoms with Crippen molar-refractivity contribution >= 4 is 34.5 Å². The van der Waals surface area contributed by atoms with Gasteiger partial charge in [0.2, 0.25) is 0 Å². The summed E-state index contributed by atoms with van der Waals surface area (Å²) in [6, 6.07) is 6.76. The molecule has 3 nitrogen and oxygen atoms in total. The van der Waals surface area contributed by atoms with Crippen molar-refractivity contribution < 1.29 is 0 Å². The summed E-state index contributed by atoms with van der Waals surface area (Å²) in [5.74, 6) is 0. The smallest absolute Gasteiger partial charge is 0.105 e. The maximum absolute atomic E-state index is 6.19.